The van der Waals surface area contributed by atoms with E-state index < -0.39 is 0 Å². The maximum absolute atomic E-state index is 6.03. The van der Waals surface area contributed by atoms with Gasteiger partial charge in [0.05, 0.1) is 0 Å². The van der Waals surface area contributed by atoms with E-state index in [-0.39, 0.29) is 0 Å². The first-order chi connectivity index (χ1) is 9.11. The summed E-state index contributed by atoms with van der Waals surface area (Å²) in [4.78, 5) is 2.62. The van der Waals surface area contributed by atoms with Gasteiger partial charge in [0.2, 0.25) is 0 Å². The van der Waals surface area contributed by atoms with Gasteiger partial charge >= 0.3 is 0 Å². The number of nitrogens with two attached hydrogens (primary N) is 1. The average molecular weight is 260 g/mol. The van der Waals surface area contributed by atoms with Gasteiger partial charge in [-0.2, -0.15) is 0 Å². The van der Waals surface area contributed by atoms with Gasteiger partial charge in [-0.1, -0.05) is 24.6 Å². The van der Waals surface area contributed by atoms with Gasteiger partial charge in [-0.3, -0.25) is 0 Å². The molecule has 0 radical (unpaired) electrons. The molecule has 1 saturated heterocycles. The van der Waals surface area contributed by atoms with Gasteiger partial charge < -0.3 is 10.6 Å². The second-order valence-electron chi connectivity index (χ2n) is 6.12. The summed E-state index contributed by atoms with van der Waals surface area (Å²) in [5.41, 5.74) is 10.2. The molecule has 0 aliphatic carbocycles. The summed E-state index contributed by atoms with van der Waals surface area (Å²) < 4.78 is 0. The number of rotatable bonds is 4. The SMILES string of the molecule is Cc1ccc(C(CN)CN2CCCCC2C)cc1C. The Bertz CT molecular complexity index is 414. The maximum atomic E-state index is 6.03. The molecule has 1 aliphatic heterocycles. The zero-order valence-electron chi connectivity index (χ0n) is 12.7. The molecule has 2 heteroatoms. The molecule has 2 atom stereocenters. The number of piperidine rings is 1. The third-order valence-corrected chi connectivity index (χ3v) is 4.68. The zero-order valence-corrected chi connectivity index (χ0v) is 12.7. The van der Waals surface area contributed by atoms with Crippen molar-refractivity contribution >= 4 is 0 Å². The molecule has 2 nitrogen and oxygen atoms in total. The van der Waals surface area contributed by atoms with Crippen molar-refractivity contribution in [3.63, 3.8) is 0 Å². The molecular formula is C17H28N2. The Kier molecular flexibility index (Phi) is 5.00. The highest BCUT2D eigenvalue weighted by molar-refractivity contribution is 5.32. The third kappa shape index (κ3) is 3.58. The summed E-state index contributed by atoms with van der Waals surface area (Å²) in [6.07, 6.45) is 4.06. The van der Waals surface area contributed by atoms with E-state index in [0.717, 1.165) is 13.1 Å². The number of aryl methyl sites for hydroxylation is 2. The van der Waals surface area contributed by atoms with Crippen molar-refractivity contribution in [2.45, 2.75) is 52.0 Å². The Labute approximate surface area is 118 Å². The lowest BCUT2D eigenvalue weighted by molar-refractivity contribution is 0.152. The van der Waals surface area contributed by atoms with E-state index in [1.54, 1.807) is 0 Å². The highest BCUT2D eigenvalue weighted by Crippen LogP contribution is 2.23. The Morgan fingerprint density at radius 3 is 2.68 bits per heavy atom. The highest BCUT2D eigenvalue weighted by atomic mass is 15.2. The van der Waals surface area contributed by atoms with Crippen molar-refractivity contribution in [3.8, 4) is 0 Å². The number of hydrogen-bond donors (Lipinski definition) is 1. The minimum Gasteiger partial charge on any atom is -0.330 e. The van der Waals surface area contributed by atoms with Crippen LogP contribution >= 0.6 is 0 Å². The van der Waals surface area contributed by atoms with E-state index in [0.29, 0.717) is 12.0 Å². The van der Waals surface area contributed by atoms with Gasteiger partial charge in [0.15, 0.2) is 0 Å². The minimum absolute atomic E-state index is 0.472. The normalized spacial score (nSPS) is 22.4. The average Bonchev–Trinajstić information content (AvgIpc) is 2.41. The number of nitrogens with zero attached hydrogens (tertiary/aromatic N) is 1. The van der Waals surface area contributed by atoms with Crippen LogP contribution in [-0.2, 0) is 0 Å². The molecular weight excluding hydrogens is 232 g/mol. The summed E-state index contributed by atoms with van der Waals surface area (Å²) in [5, 5.41) is 0. The molecule has 19 heavy (non-hydrogen) atoms. The van der Waals surface area contributed by atoms with Gasteiger partial charge in [0.25, 0.3) is 0 Å². The first kappa shape index (κ1) is 14.5. The fourth-order valence-corrected chi connectivity index (χ4v) is 3.05. The molecule has 1 aliphatic rings. The van der Waals surface area contributed by atoms with Crippen LogP contribution in [0.1, 0.15) is 48.8 Å². The monoisotopic (exact) mass is 260 g/mol. The first-order valence-corrected chi connectivity index (χ1v) is 7.63. The van der Waals surface area contributed by atoms with Crippen molar-refractivity contribution in [2.75, 3.05) is 19.6 Å². The summed E-state index contributed by atoms with van der Waals surface area (Å²) >= 11 is 0. The zero-order chi connectivity index (χ0) is 13.8. The standard InChI is InChI=1S/C17H28N2/c1-13-7-8-16(10-14(13)2)17(11-18)12-19-9-5-4-6-15(19)3/h7-8,10,15,17H,4-6,9,11-12,18H2,1-3H3. The Balaban J connectivity index is 2.08. The number of likely N-dealkylation sites (tertiary alicyclic amines) is 1. The van der Waals surface area contributed by atoms with Crippen molar-refractivity contribution in [1.82, 2.24) is 4.90 Å². The second kappa shape index (κ2) is 6.53. The molecule has 1 aromatic rings. The van der Waals surface area contributed by atoms with E-state index in [1.165, 1.54) is 42.5 Å². The molecule has 0 bridgehead atoms. The predicted octanol–water partition coefficient (Wildman–Crippen LogP) is 3.22. The van der Waals surface area contributed by atoms with Crippen molar-refractivity contribution in [3.05, 3.63) is 34.9 Å². The molecule has 1 heterocycles. The maximum Gasteiger partial charge on any atom is 0.00890 e. The molecule has 106 valence electrons. The van der Waals surface area contributed by atoms with Gasteiger partial charge in [-0.05, 0) is 56.8 Å². The first-order valence-electron chi connectivity index (χ1n) is 7.63. The molecule has 0 amide bonds. The lowest BCUT2D eigenvalue weighted by atomic mass is 9.93. The summed E-state index contributed by atoms with van der Waals surface area (Å²) in [7, 11) is 0. The molecule has 2 unspecified atom stereocenters. The lowest BCUT2D eigenvalue weighted by Gasteiger charge is -2.36. The number of benzene rings is 1. The largest absolute Gasteiger partial charge is 0.330 e. The quantitative estimate of drug-likeness (QED) is 0.900. The van der Waals surface area contributed by atoms with E-state index >= 15 is 0 Å². The molecule has 2 rings (SSSR count). The molecule has 2 N–H and O–H groups in total. The van der Waals surface area contributed by atoms with Crippen LogP contribution in [0, 0.1) is 13.8 Å². The lowest BCUT2D eigenvalue weighted by Crippen LogP contribution is -2.41. The van der Waals surface area contributed by atoms with E-state index in [4.69, 9.17) is 5.73 Å². The predicted molar refractivity (Wildman–Crippen MR) is 82.6 cm³/mol. The van der Waals surface area contributed by atoms with Crippen molar-refractivity contribution < 1.29 is 0 Å². The molecule has 1 aromatic carbocycles. The third-order valence-electron chi connectivity index (χ3n) is 4.68. The van der Waals surface area contributed by atoms with Gasteiger partial charge in [0.1, 0.15) is 0 Å². The fraction of sp³-hybridized carbons (Fsp3) is 0.647. The van der Waals surface area contributed by atoms with E-state index in [9.17, 15) is 0 Å². The smallest absolute Gasteiger partial charge is 0.00890 e. The highest BCUT2D eigenvalue weighted by Gasteiger charge is 2.22. The van der Waals surface area contributed by atoms with Crippen LogP contribution < -0.4 is 5.73 Å². The van der Waals surface area contributed by atoms with Crippen LogP contribution in [0.15, 0.2) is 18.2 Å². The topological polar surface area (TPSA) is 29.3 Å². The summed E-state index contributed by atoms with van der Waals surface area (Å²) in [6.45, 7) is 9.81. The van der Waals surface area contributed by atoms with Crippen LogP contribution in [0.2, 0.25) is 0 Å². The van der Waals surface area contributed by atoms with Gasteiger partial charge in [-0.25, -0.2) is 0 Å². The summed E-state index contributed by atoms with van der Waals surface area (Å²) in [6, 6.07) is 7.53. The van der Waals surface area contributed by atoms with Gasteiger partial charge in [-0.15, -0.1) is 0 Å². The summed E-state index contributed by atoms with van der Waals surface area (Å²) in [5.74, 6) is 0.472. The molecule has 1 fully saturated rings. The second-order valence-corrected chi connectivity index (χ2v) is 6.12. The van der Waals surface area contributed by atoms with Crippen LogP contribution in [0.4, 0.5) is 0 Å². The Morgan fingerprint density at radius 1 is 1.26 bits per heavy atom. The van der Waals surface area contributed by atoms with E-state index in [2.05, 4.69) is 43.9 Å². The van der Waals surface area contributed by atoms with Crippen LogP contribution in [-0.4, -0.2) is 30.6 Å². The molecule has 0 saturated carbocycles. The van der Waals surface area contributed by atoms with Crippen molar-refractivity contribution in [1.29, 1.82) is 0 Å². The fourth-order valence-electron chi connectivity index (χ4n) is 3.05. The minimum atomic E-state index is 0.472. The number of hydrogen-bond acceptors (Lipinski definition) is 2. The van der Waals surface area contributed by atoms with E-state index in [1.807, 2.05) is 0 Å². The van der Waals surface area contributed by atoms with Gasteiger partial charge in [0, 0.05) is 25.0 Å². The Morgan fingerprint density at radius 2 is 2.05 bits per heavy atom. The molecule has 0 spiro atoms. The van der Waals surface area contributed by atoms with Crippen molar-refractivity contribution in [2.24, 2.45) is 5.73 Å². The van der Waals surface area contributed by atoms with Crippen LogP contribution in [0.3, 0.4) is 0 Å². The molecule has 0 aromatic heterocycles. The van der Waals surface area contributed by atoms with Crippen LogP contribution in [0.5, 0.6) is 0 Å². The Hall–Kier alpha value is -0.860. The van der Waals surface area contributed by atoms with Crippen LogP contribution in [0.25, 0.3) is 0 Å².